The van der Waals surface area contributed by atoms with Gasteiger partial charge in [-0.25, -0.2) is 13.2 Å². The number of Topliss-reactive ketones (excluding diaryl/α,β-unsaturated/α-hetero) is 3. The number of nitrogen functional groups attached to an aromatic ring is 1. The van der Waals surface area contributed by atoms with Gasteiger partial charge in [0.25, 0.3) is 0 Å². The fraction of sp³-hybridized carbons (Fsp3) is 0.857. The lowest BCUT2D eigenvalue weighted by Gasteiger charge is -2.48. The van der Waals surface area contributed by atoms with Crippen molar-refractivity contribution in [3.05, 3.63) is 29.8 Å². The number of anilines is 1. The van der Waals surface area contributed by atoms with Gasteiger partial charge < -0.3 is 246 Å². The molecule has 6 heterocycles. The van der Waals surface area contributed by atoms with Crippen molar-refractivity contribution in [1.82, 2.24) is 21.3 Å². The molecule has 0 amide bonds. The summed E-state index contributed by atoms with van der Waals surface area (Å²) in [6, 6.07) is -2.12. The molecule has 0 bridgehead atoms. The summed E-state index contributed by atoms with van der Waals surface area (Å²) in [5.74, 6) is -5.02. The number of alkyl halides is 3. The van der Waals surface area contributed by atoms with Crippen LogP contribution in [0.5, 0.6) is 0 Å². The number of aliphatic imine (C=N–C) groups is 3. The fourth-order valence-electron chi connectivity index (χ4n) is 18.5. The number of carbonyl (C=O) groups is 3. The molecular weight excluding hydrogens is 1870 g/mol. The molecule has 0 spiro atoms. The van der Waals surface area contributed by atoms with Gasteiger partial charge in [0, 0.05) is 82.8 Å². The highest BCUT2D eigenvalue weighted by atomic mass is 19.1. The zero-order chi connectivity index (χ0) is 104. The molecule has 56 heteroatoms. The molecule has 45 atom stereocenters. The second kappa shape index (κ2) is 57.4. The van der Waals surface area contributed by atoms with E-state index in [0.29, 0.717) is 18.7 Å². The van der Waals surface area contributed by atoms with Crippen LogP contribution in [0.2, 0.25) is 0 Å². The normalized spacial score (nSPS) is 40.8. The van der Waals surface area contributed by atoms with Crippen molar-refractivity contribution in [2.45, 2.75) is 341 Å². The first kappa shape index (κ1) is 119. The van der Waals surface area contributed by atoms with Crippen molar-refractivity contribution in [3.63, 3.8) is 0 Å². The van der Waals surface area contributed by atoms with E-state index in [2.05, 4.69) is 36.2 Å². The molecule has 808 valence electrons. The van der Waals surface area contributed by atoms with Gasteiger partial charge in [-0.2, -0.15) is 0 Å². The summed E-state index contributed by atoms with van der Waals surface area (Å²) in [4.78, 5) is 50.7. The van der Waals surface area contributed by atoms with E-state index >= 15 is 13.2 Å². The van der Waals surface area contributed by atoms with Gasteiger partial charge in [-0.3, -0.25) is 29.4 Å². The maximum absolute atomic E-state index is 16.7. The highest BCUT2D eigenvalue weighted by molar-refractivity contribution is 5.84. The number of nitrogens with zero attached hydrogens (tertiary/aromatic N) is 3. The lowest BCUT2D eigenvalue weighted by molar-refractivity contribution is -0.315. The number of ketones is 3. The molecule has 1 aromatic carbocycles. The molecule has 9 fully saturated rings. The number of nitrogens with one attached hydrogen (secondary N) is 4. The van der Waals surface area contributed by atoms with Gasteiger partial charge >= 0.3 is 0 Å². The molecule has 1 aromatic rings. The molecular formula is C84H156F3N23O30. The number of halogens is 3. The van der Waals surface area contributed by atoms with E-state index in [1.165, 1.54) is 7.05 Å². The van der Waals surface area contributed by atoms with Crippen molar-refractivity contribution in [1.29, 1.82) is 0 Å². The molecule has 10 rings (SSSR count). The van der Waals surface area contributed by atoms with Gasteiger partial charge in [0.2, 0.25) is 0 Å². The lowest BCUT2D eigenvalue weighted by Crippen LogP contribution is -2.67. The Morgan fingerprint density at radius 3 is 0.957 bits per heavy atom. The Bertz CT molecular complexity index is 3930. The van der Waals surface area contributed by atoms with Crippen LogP contribution in [-0.2, 0) is 77.6 Å². The predicted molar refractivity (Wildman–Crippen MR) is 492 cm³/mol. The van der Waals surface area contributed by atoms with Gasteiger partial charge in [0.05, 0.1) is 118 Å². The Morgan fingerprint density at radius 2 is 0.686 bits per heavy atom. The summed E-state index contributed by atoms with van der Waals surface area (Å²) in [6.45, 7) is -1.06. The van der Waals surface area contributed by atoms with Crippen LogP contribution in [0.1, 0.15) is 82.6 Å². The minimum Gasteiger partial charge on any atom is -0.399 e. The van der Waals surface area contributed by atoms with Gasteiger partial charge in [0.1, 0.15) is 91.6 Å². The van der Waals surface area contributed by atoms with Crippen LogP contribution >= 0.6 is 0 Å². The Morgan fingerprint density at radius 1 is 0.407 bits per heavy atom. The van der Waals surface area contributed by atoms with Crippen LogP contribution in [0.4, 0.5) is 18.9 Å². The number of hydrogen-bond donors (Lipinski definition) is 35. The monoisotopic (exact) mass is 2020 g/mol. The number of aliphatic hydroxyl groups excluding tert-OH is 15. The number of likely N-dealkylation sites (N-methyl/N-ethyl adjacent to an activating group) is 1. The first-order chi connectivity index (χ1) is 66.5. The van der Waals surface area contributed by atoms with Crippen molar-refractivity contribution < 1.29 is 161 Å². The third-order valence-corrected chi connectivity index (χ3v) is 26.5. The molecule has 18 unspecified atom stereocenters. The standard InChI is InChI=1S/C32H55FN8O10.C27H53FN8O10.C25H48FN7O10/c33-24-28(15(10-20(44)19(43)5-7-34)9-17(37)29(24)51-30-18(38)11-21(45)22(12-35)48-30)50-31-27(47)25(26(46)23(13-42)49-31)41-32(39)40-8-6-14-1-3-16(36)4-2-14;1-34-4-5-35-27(33)36-20-21(41)18(10-37)44-26(22(20)42)45-23-11(7-15(39)14(38)2-3-29)6-12(31)24(19(23)28)46-25-13(32)8-16(40)17(9-30)43-25;1-32-25(31)33-18-19(38)16(8-34)41-24(20(18)39)42-21-9(5-13(36)12(35)2-3-27)4-10(29)22(17(21)26)43-23-11(30)6-14(37)15(7-28)40-23/h1-4,15,17-19,21-31,42-43,45-47H,5-13,34-38H2,(H3,39,40,41);11-14,16-26,34,37-38,40-42H,2-10,29-32H2,1H3,(H3,33,35,36);9-12,14-24,34-35,37-39H,2-8,27-30H2,1H3,(H3,31,32,33)/t15-,17?,18?,19-,21-,22?,23+,24+,25?,26+,27+,28?,29+,30+,31?;11-,12?,13?,14-,16-,17?,18+,19+,20?,21+,22+,23?,24+,25+,26?;9-,10?,11?,12-,14-,15?,16+,17+,18?,19+,20+,21?,22+,23+,24?/m000/s1. The summed E-state index contributed by atoms with van der Waals surface area (Å²) in [6.07, 6.45) is -46.6. The smallest absolute Gasteiger partial charge is 0.189 e. The zero-order valence-corrected chi connectivity index (χ0v) is 78.5. The molecule has 6 saturated heterocycles. The number of aliphatic hydroxyl groups is 15. The van der Waals surface area contributed by atoms with E-state index in [1.807, 2.05) is 12.1 Å². The molecule has 51 N–H and O–H groups in total. The summed E-state index contributed by atoms with van der Waals surface area (Å²) >= 11 is 0. The van der Waals surface area contributed by atoms with E-state index in [0.717, 1.165) is 5.56 Å². The van der Waals surface area contributed by atoms with Crippen molar-refractivity contribution in [2.24, 2.45) is 119 Å². The predicted octanol–water partition coefficient (Wildman–Crippen LogP) is -16.6. The Hall–Kier alpha value is -5.97. The third kappa shape index (κ3) is 32.0. The highest BCUT2D eigenvalue weighted by Gasteiger charge is 2.58. The highest BCUT2D eigenvalue weighted by Crippen LogP contribution is 2.43. The van der Waals surface area contributed by atoms with E-state index < -0.39 is 312 Å². The minimum absolute atomic E-state index is 0.00669. The SMILES string of the molecule is CN=C(N)NC1[C@@H](O)C(OC2[C@H](CC(=O)[C@@H](O)CCN)CC(N)[C@@H](O[C@H]3OC(CN)[C@@H](O)CC3N)[C@@H]2F)O[C@H](CO)[C@H]1O.CNCCN=C(N)NC1[C@@H](O)C(OC2[C@H](CC(=O)[C@@H](O)CCN)CC(N)[C@@H](O[C@H]3OC(CN)[C@@H](O)CC3N)[C@@H]2F)O[C@H](CO)[C@H]1O.NCC[C@H](O)C(=O)C[C@@H]1CC(N)[C@@H](O[C@H]2OC(CN)[C@@H](O)CC2N)[C@H](F)C1OC1O[C@H](CO)[C@@H](O)C(NC(N)=NCCc2ccc(N)cc2)[C@H]1O. The van der Waals surface area contributed by atoms with Crippen LogP contribution < -0.4 is 113 Å². The van der Waals surface area contributed by atoms with Crippen LogP contribution in [0.25, 0.3) is 0 Å². The molecule has 53 nitrogen and oxygen atoms in total. The fourth-order valence-corrected chi connectivity index (χ4v) is 18.5. The van der Waals surface area contributed by atoms with E-state index in [9.17, 15) is 91.0 Å². The quantitative estimate of drug-likeness (QED) is 0.0125. The van der Waals surface area contributed by atoms with Crippen LogP contribution in [0.3, 0.4) is 0 Å². The van der Waals surface area contributed by atoms with E-state index in [4.69, 9.17) is 149 Å². The number of nitrogens with two attached hydrogens (primary N) is 16. The van der Waals surface area contributed by atoms with Gasteiger partial charge in [-0.15, -0.1) is 0 Å². The molecule has 0 radical (unpaired) electrons. The number of guanidine groups is 3. The second-order valence-corrected chi connectivity index (χ2v) is 36.8. The van der Waals surface area contributed by atoms with Gasteiger partial charge in [-0.05, 0) is 126 Å². The maximum Gasteiger partial charge on any atom is 0.189 e. The first-order valence-corrected chi connectivity index (χ1v) is 47.2. The van der Waals surface area contributed by atoms with Crippen LogP contribution in [0.15, 0.2) is 39.2 Å². The van der Waals surface area contributed by atoms with Gasteiger partial charge in [0.15, 0.2) is 91.5 Å². The summed E-state index contributed by atoms with van der Waals surface area (Å²) < 4.78 is 120. The number of ether oxygens (including phenoxy) is 12. The molecule has 140 heavy (non-hydrogen) atoms. The van der Waals surface area contributed by atoms with E-state index in [-0.39, 0.29) is 147 Å². The molecule has 0 aromatic heterocycles. The van der Waals surface area contributed by atoms with Crippen molar-refractivity contribution in [3.8, 4) is 0 Å². The number of rotatable bonds is 42. The van der Waals surface area contributed by atoms with Gasteiger partial charge in [-0.1, -0.05) is 12.1 Å². The van der Waals surface area contributed by atoms with Crippen LogP contribution in [-0.4, -0.2) is 462 Å². The number of carbonyl (C=O) groups excluding carboxylic acids is 3. The summed E-state index contributed by atoms with van der Waals surface area (Å²) in [5.41, 5.74) is 96.1. The number of hydrogen-bond acceptors (Lipinski definition) is 47. The van der Waals surface area contributed by atoms with Crippen molar-refractivity contribution >= 4 is 40.9 Å². The Labute approximate surface area is 807 Å². The number of benzene rings is 1. The maximum atomic E-state index is 16.7. The van der Waals surface area contributed by atoms with E-state index in [1.54, 1.807) is 19.2 Å². The first-order valence-electron chi connectivity index (χ1n) is 47.2. The molecule has 9 aliphatic rings. The Balaban J connectivity index is 0.000000258. The second-order valence-electron chi connectivity index (χ2n) is 36.8. The molecule has 3 aliphatic carbocycles. The molecule has 6 aliphatic heterocycles. The summed E-state index contributed by atoms with van der Waals surface area (Å²) in [7, 11) is 3.10. The summed E-state index contributed by atoms with van der Waals surface area (Å²) in [5, 5.41) is 168. The van der Waals surface area contributed by atoms with Crippen molar-refractivity contribution in [2.75, 3.05) is 98.6 Å². The van der Waals surface area contributed by atoms with Crippen LogP contribution in [0, 0.1) is 17.8 Å². The average Bonchev–Trinajstić information content (AvgIpc) is 0.776. The minimum atomic E-state index is -2.07. The molecule has 3 saturated carbocycles. The Kier molecular flexibility index (Phi) is 48.9. The average molecular weight is 2030 g/mol. The zero-order valence-electron chi connectivity index (χ0n) is 78.5. The largest absolute Gasteiger partial charge is 0.399 e. The lowest BCUT2D eigenvalue weighted by atomic mass is 9.77. The topological polar surface area (TPSA) is 967 Å². The third-order valence-electron chi connectivity index (χ3n) is 26.5.